The average molecular weight is 630 g/mol. The minimum Gasteiger partial charge on any atom is -0.508 e. The number of halogens is 3. The molecule has 0 radical (unpaired) electrons. The fraction of sp³-hybridized carbons (Fsp3) is 0.382. The van der Waals surface area contributed by atoms with E-state index in [4.69, 9.17) is 25.6 Å². The second kappa shape index (κ2) is 11.0. The number of fused-ring (bicyclic) bond motifs is 4. The zero-order chi connectivity index (χ0) is 31.6. The van der Waals surface area contributed by atoms with Crippen molar-refractivity contribution < 1.29 is 32.5 Å². The third-order valence-corrected chi connectivity index (χ3v) is 9.51. The van der Waals surface area contributed by atoms with Crippen LogP contribution in [0.15, 0.2) is 36.4 Å². The molecule has 0 spiro atoms. The van der Waals surface area contributed by atoms with E-state index in [-0.39, 0.29) is 70.0 Å². The number of hydrogen-bond acceptors (Lipinski definition) is 9. The molecule has 2 saturated heterocycles. The molecule has 2 fully saturated rings. The molecule has 8 rings (SSSR count). The number of rotatable bonds is 4. The Bertz CT molecular complexity index is 1970. The molecule has 2 aromatic heterocycles. The molecule has 0 amide bonds. The highest BCUT2D eigenvalue weighted by atomic mass is 19.1. The normalized spacial score (nSPS) is 24.9. The number of pyridine rings is 1. The van der Waals surface area contributed by atoms with Crippen molar-refractivity contribution in [3.8, 4) is 41.2 Å². The van der Waals surface area contributed by atoms with Crippen LogP contribution >= 0.6 is 0 Å². The van der Waals surface area contributed by atoms with Crippen molar-refractivity contribution in [3.05, 3.63) is 53.6 Å². The number of phenolic OH excluding ortho intramolecular Hbond substituents is 1. The Morgan fingerprint density at radius 2 is 2.02 bits per heavy atom. The lowest BCUT2D eigenvalue weighted by Crippen LogP contribution is -2.44. The lowest BCUT2D eigenvalue weighted by atomic mass is 9.95. The summed E-state index contributed by atoms with van der Waals surface area (Å²) >= 11 is 0. The van der Waals surface area contributed by atoms with E-state index in [2.05, 4.69) is 20.8 Å². The summed E-state index contributed by atoms with van der Waals surface area (Å²) in [5, 5.41) is 11.5. The van der Waals surface area contributed by atoms with Crippen LogP contribution in [0.2, 0.25) is 0 Å². The van der Waals surface area contributed by atoms with Gasteiger partial charge in [0.25, 0.3) is 0 Å². The van der Waals surface area contributed by atoms with Gasteiger partial charge >= 0.3 is 6.01 Å². The zero-order valence-corrected chi connectivity index (χ0v) is 24.8. The van der Waals surface area contributed by atoms with Crippen molar-refractivity contribution in [3.63, 3.8) is 0 Å². The second-order valence-electron chi connectivity index (χ2n) is 12.3. The molecule has 9 nitrogen and oxygen atoms in total. The summed E-state index contributed by atoms with van der Waals surface area (Å²) in [6.07, 6.45) is 10.7. The fourth-order valence-electron chi connectivity index (χ4n) is 7.40. The molecule has 46 heavy (non-hydrogen) atoms. The molecule has 2 aromatic carbocycles. The van der Waals surface area contributed by atoms with Crippen LogP contribution in [0.4, 0.5) is 19.0 Å². The van der Waals surface area contributed by atoms with Crippen LogP contribution in [0.25, 0.3) is 32.9 Å². The van der Waals surface area contributed by atoms with E-state index in [1.165, 1.54) is 24.3 Å². The summed E-state index contributed by atoms with van der Waals surface area (Å²) in [4.78, 5) is 18.0. The smallest absolute Gasteiger partial charge is 0.319 e. The van der Waals surface area contributed by atoms with Gasteiger partial charge in [-0.05, 0) is 43.0 Å². The van der Waals surface area contributed by atoms with Crippen molar-refractivity contribution in [2.24, 2.45) is 0 Å². The summed E-state index contributed by atoms with van der Waals surface area (Å²) in [6, 6.07) is 5.00. The van der Waals surface area contributed by atoms with Gasteiger partial charge in [0.05, 0.1) is 30.4 Å². The van der Waals surface area contributed by atoms with Gasteiger partial charge in [-0.1, -0.05) is 24.1 Å². The summed E-state index contributed by atoms with van der Waals surface area (Å²) in [5.74, 6) is 1.08. The molecule has 4 aliphatic heterocycles. The van der Waals surface area contributed by atoms with Gasteiger partial charge in [-0.2, -0.15) is 9.97 Å². The molecule has 0 aliphatic carbocycles. The lowest BCUT2D eigenvalue weighted by molar-refractivity contribution is 0.107. The van der Waals surface area contributed by atoms with Crippen molar-refractivity contribution in [1.29, 1.82) is 0 Å². The topological polar surface area (TPSA) is 93.1 Å². The van der Waals surface area contributed by atoms with Crippen LogP contribution in [-0.4, -0.2) is 88.8 Å². The number of aromatic nitrogens is 3. The van der Waals surface area contributed by atoms with E-state index in [0.717, 1.165) is 19.4 Å². The number of ether oxygens (including phenoxy) is 3. The fourth-order valence-corrected chi connectivity index (χ4v) is 7.40. The van der Waals surface area contributed by atoms with E-state index >= 15 is 4.39 Å². The molecular formula is C34H30F3N5O4. The maximum absolute atomic E-state index is 17.0. The minimum atomic E-state index is -0.944. The largest absolute Gasteiger partial charge is 0.508 e. The Morgan fingerprint density at radius 1 is 1.13 bits per heavy atom. The standard InChI is InChI=1S/C34H30F3N5O4/c1-2-23-25(36)7-6-19-12-22(43)13-24(26(19)23)29-28(37)30-27-31(42-10-3-4-11-44-16-21(42)17-45-32(27)38-29)40-33(39-30)46-18-34-8-5-9-41(34)15-20(35)14-34/h1,3-4,6-7,12-13,20-21,43H,5,8-11,14-18H2/b4-3-/t20-,21+,34+/m1/s1. The first-order valence-electron chi connectivity index (χ1n) is 15.3. The SMILES string of the molecule is C#Cc1c(F)ccc2cc(O)cc(-c3nc4c5c(nc(OC[C@@]67CCCN6C[C@H](F)C7)nc5c3F)N3C/C=C\COC[C@H]3CO4)c12. The first kappa shape index (κ1) is 28.8. The summed E-state index contributed by atoms with van der Waals surface area (Å²) in [6.45, 7) is 2.64. The van der Waals surface area contributed by atoms with Gasteiger partial charge < -0.3 is 24.2 Å². The number of terminal acetylenes is 1. The van der Waals surface area contributed by atoms with E-state index < -0.39 is 23.3 Å². The highest BCUT2D eigenvalue weighted by Crippen LogP contribution is 2.44. The van der Waals surface area contributed by atoms with Gasteiger partial charge in [0.15, 0.2) is 5.82 Å². The number of benzene rings is 2. The predicted octanol–water partition coefficient (Wildman–Crippen LogP) is 4.92. The molecule has 0 unspecified atom stereocenters. The number of hydrogen-bond donors (Lipinski definition) is 1. The molecule has 0 bridgehead atoms. The van der Waals surface area contributed by atoms with Crippen LogP contribution in [0.5, 0.6) is 17.6 Å². The molecule has 4 aromatic rings. The third kappa shape index (κ3) is 4.60. The van der Waals surface area contributed by atoms with Gasteiger partial charge in [-0.25, -0.2) is 18.2 Å². The van der Waals surface area contributed by atoms with Crippen LogP contribution < -0.4 is 14.4 Å². The van der Waals surface area contributed by atoms with Gasteiger partial charge in [0.1, 0.15) is 53.4 Å². The maximum atomic E-state index is 17.0. The van der Waals surface area contributed by atoms with E-state index in [1.54, 1.807) is 0 Å². The van der Waals surface area contributed by atoms with Gasteiger partial charge in [0.2, 0.25) is 5.88 Å². The maximum Gasteiger partial charge on any atom is 0.319 e. The number of phenols is 1. The number of alkyl halides is 1. The Hall–Kier alpha value is -4.60. The van der Waals surface area contributed by atoms with Crippen LogP contribution in [-0.2, 0) is 4.74 Å². The van der Waals surface area contributed by atoms with Crippen LogP contribution in [0, 0.1) is 24.0 Å². The van der Waals surface area contributed by atoms with E-state index in [0.29, 0.717) is 43.9 Å². The van der Waals surface area contributed by atoms with Gasteiger partial charge in [-0.15, -0.1) is 6.42 Å². The summed E-state index contributed by atoms with van der Waals surface area (Å²) in [7, 11) is 0. The van der Waals surface area contributed by atoms with Crippen LogP contribution in [0.1, 0.15) is 24.8 Å². The second-order valence-corrected chi connectivity index (χ2v) is 12.3. The summed E-state index contributed by atoms with van der Waals surface area (Å²) < 4.78 is 64.6. The number of anilines is 1. The molecule has 6 heterocycles. The quantitative estimate of drug-likeness (QED) is 0.250. The molecule has 12 heteroatoms. The highest BCUT2D eigenvalue weighted by Gasteiger charge is 2.49. The van der Waals surface area contributed by atoms with Crippen molar-refractivity contribution in [1.82, 2.24) is 19.9 Å². The van der Waals surface area contributed by atoms with Gasteiger partial charge in [0, 0.05) is 30.5 Å². The number of nitrogens with zero attached hydrogens (tertiary/aromatic N) is 5. The highest BCUT2D eigenvalue weighted by molar-refractivity contribution is 6.04. The van der Waals surface area contributed by atoms with E-state index in [1.807, 2.05) is 17.1 Å². The summed E-state index contributed by atoms with van der Waals surface area (Å²) in [5.41, 5.74) is -0.851. The Labute approximate surface area is 262 Å². The van der Waals surface area contributed by atoms with Crippen LogP contribution in [0.3, 0.4) is 0 Å². The lowest BCUT2D eigenvalue weighted by Gasteiger charge is -2.32. The van der Waals surface area contributed by atoms with Gasteiger partial charge in [-0.3, -0.25) is 4.90 Å². The Kier molecular flexibility index (Phi) is 6.92. The third-order valence-electron chi connectivity index (χ3n) is 9.51. The molecule has 1 N–H and O–H groups in total. The first-order chi connectivity index (χ1) is 22.3. The Balaban J connectivity index is 1.34. The minimum absolute atomic E-state index is 0.0652. The van der Waals surface area contributed by atoms with Crippen molar-refractivity contribution >= 4 is 27.5 Å². The molecule has 3 atom stereocenters. The van der Waals surface area contributed by atoms with E-state index in [9.17, 15) is 13.9 Å². The molecule has 236 valence electrons. The monoisotopic (exact) mass is 629 g/mol. The number of aromatic hydroxyl groups is 1. The van der Waals surface area contributed by atoms with Crippen molar-refractivity contribution in [2.45, 2.75) is 37.0 Å². The molecule has 0 saturated carbocycles. The average Bonchev–Trinajstić information content (AvgIpc) is 3.51. The Morgan fingerprint density at radius 3 is 2.89 bits per heavy atom. The predicted molar refractivity (Wildman–Crippen MR) is 165 cm³/mol. The van der Waals surface area contributed by atoms with Crippen molar-refractivity contribution in [2.75, 3.05) is 51.0 Å². The zero-order valence-electron chi connectivity index (χ0n) is 24.8. The molecular weight excluding hydrogens is 599 g/mol. The first-order valence-corrected chi connectivity index (χ1v) is 15.3. The molecule has 4 aliphatic rings.